The molecule has 1 rings (SSSR count). The molecule has 1 aliphatic heterocycles. The average molecular weight is 145 g/mol. The van der Waals surface area contributed by atoms with Gasteiger partial charge in [0.15, 0.2) is 0 Å². The van der Waals surface area contributed by atoms with E-state index in [9.17, 15) is 4.79 Å². The van der Waals surface area contributed by atoms with Crippen LogP contribution in [0.25, 0.3) is 0 Å². The third kappa shape index (κ3) is 1.27. The first kappa shape index (κ1) is 7.50. The summed E-state index contributed by atoms with van der Waals surface area (Å²) in [4.78, 5) is 10.3. The van der Waals surface area contributed by atoms with Gasteiger partial charge in [-0.1, -0.05) is 0 Å². The first-order valence-corrected chi connectivity index (χ1v) is 3.28. The van der Waals surface area contributed by atoms with Crippen LogP contribution in [0.4, 0.5) is 0 Å². The predicted molar refractivity (Wildman–Crippen MR) is 34.6 cm³/mol. The second-order valence-electron chi connectivity index (χ2n) is 2.65. The molecular weight excluding hydrogens is 134 g/mol. The maximum Gasteiger partial charge on any atom is 0.320 e. The van der Waals surface area contributed by atoms with Gasteiger partial charge in [0.05, 0.1) is 6.10 Å². The van der Waals surface area contributed by atoms with Gasteiger partial charge < -0.3 is 10.2 Å². The van der Waals surface area contributed by atoms with E-state index < -0.39 is 18.1 Å². The highest BCUT2D eigenvalue weighted by Gasteiger charge is 2.33. The van der Waals surface area contributed by atoms with E-state index in [0.717, 1.165) is 0 Å². The molecule has 3 atom stereocenters. The van der Waals surface area contributed by atoms with Crippen LogP contribution in [0.15, 0.2) is 0 Å². The Morgan fingerprint density at radius 2 is 2.30 bits per heavy atom. The second-order valence-corrected chi connectivity index (χ2v) is 2.65. The number of carbonyl (C=O) groups is 1. The van der Waals surface area contributed by atoms with E-state index in [-0.39, 0.29) is 6.04 Å². The fraction of sp³-hybridized carbons (Fsp3) is 0.833. The summed E-state index contributed by atoms with van der Waals surface area (Å²) in [5.41, 5.74) is 0. The fourth-order valence-corrected chi connectivity index (χ4v) is 1.11. The monoisotopic (exact) mass is 145 g/mol. The van der Waals surface area contributed by atoms with Gasteiger partial charge >= 0.3 is 5.97 Å². The van der Waals surface area contributed by atoms with Crippen molar-refractivity contribution in [2.45, 2.75) is 31.5 Å². The lowest BCUT2D eigenvalue weighted by atomic mass is 10.1. The minimum Gasteiger partial charge on any atom is -0.480 e. The van der Waals surface area contributed by atoms with Crippen molar-refractivity contribution in [2.75, 3.05) is 0 Å². The van der Waals surface area contributed by atoms with E-state index in [1.54, 1.807) is 6.92 Å². The lowest BCUT2D eigenvalue weighted by molar-refractivity contribution is -0.139. The lowest BCUT2D eigenvalue weighted by Crippen LogP contribution is -2.34. The molecule has 0 aromatic heterocycles. The average Bonchev–Trinajstić information content (AvgIpc) is 2.13. The second kappa shape index (κ2) is 2.56. The number of hydrogen-bond acceptors (Lipinski definition) is 3. The van der Waals surface area contributed by atoms with Gasteiger partial charge in [-0.2, -0.15) is 0 Å². The lowest BCUT2D eigenvalue weighted by Gasteiger charge is -2.05. The number of carboxylic acid groups (broad SMARTS) is 1. The smallest absolute Gasteiger partial charge is 0.320 e. The predicted octanol–water partition coefficient (Wildman–Crippen LogP) is -0.818. The van der Waals surface area contributed by atoms with Gasteiger partial charge in [-0.15, -0.1) is 0 Å². The van der Waals surface area contributed by atoms with Crippen molar-refractivity contribution in [3.05, 3.63) is 0 Å². The molecule has 3 N–H and O–H groups in total. The summed E-state index contributed by atoms with van der Waals surface area (Å²) in [6, 6.07) is -0.661. The molecule has 1 fully saturated rings. The molecule has 0 saturated carbocycles. The summed E-state index contributed by atoms with van der Waals surface area (Å²) in [5, 5.41) is 20.3. The molecule has 0 radical (unpaired) electrons. The van der Waals surface area contributed by atoms with Crippen LogP contribution in [0.1, 0.15) is 13.3 Å². The van der Waals surface area contributed by atoms with E-state index in [2.05, 4.69) is 5.32 Å². The van der Waals surface area contributed by atoms with Crippen molar-refractivity contribution < 1.29 is 15.0 Å². The summed E-state index contributed by atoms with van der Waals surface area (Å²) >= 11 is 0. The van der Waals surface area contributed by atoms with Crippen LogP contribution in [-0.4, -0.2) is 34.4 Å². The largest absolute Gasteiger partial charge is 0.480 e. The van der Waals surface area contributed by atoms with Crippen molar-refractivity contribution in [1.29, 1.82) is 0 Å². The zero-order chi connectivity index (χ0) is 7.72. The molecule has 58 valence electrons. The molecule has 0 aromatic carbocycles. The van der Waals surface area contributed by atoms with Gasteiger partial charge in [0.25, 0.3) is 0 Å². The zero-order valence-electron chi connectivity index (χ0n) is 5.74. The molecule has 0 aromatic rings. The quantitative estimate of drug-likeness (QED) is 0.451. The van der Waals surface area contributed by atoms with Gasteiger partial charge in [0.1, 0.15) is 6.04 Å². The molecule has 1 aliphatic rings. The summed E-state index contributed by atoms with van der Waals surface area (Å²) in [7, 11) is 0. The van der Waals surface area contributed by atoms with Crippen LogP contribution < -0.4 is 5.32 Å². The molecule has 4 heteroatoms. The number of hydrogen-bond donors (Lipinski definition) is 3. The third-order valence-corrected chi connectivity index (χ3v) is 1.82. The topological polar surface area (TPSA) is 69.6 Å². The number of aliphatic hydroxyl groups is 1. The number of rotatable bonds is 1. The normalized spacial score (nSPS) is 40.0. The Hall–Kier alpha value is -0.610. The SMILES string of the molecule is CC1NC(C(=O)O)CC1O. The summed E-state index contributed by atoms with van der Waals surface area (Å²) in [6.07, 6.45) is -0.197. The van der Waals surface area contributed by atoms with E-state index in [0.29, 0.717) is 6.42 Å². The molecule has 1 saturated heterocycles. The Kier molecular flexibility index (Phi) is 1.92. The van der Waals surface area contributed by atoms with E-state index in [4.69, 9.17) is 10.2 Å². The Bertz CT molecular complexity index is 138. The maximum absolute atomic E-state index is 10.3. The van der Waals surface area contributed by atoms with Gasteiger partial charge in [-0.3, -0.25) is 10.1 Å². The van der Waals surface area contributed by atoms with Crippen molar-refractivity contribution in [3.8, 4) is 0 Å². The van der Waals surface area contributed by atoms with E-state index in [1.165, 1.54) is 0 Å². The molecule has 1 heterocycles. The highest BCUT2D eigenvalue weighted by molar-refractivity contribution is 5.74. The molecule has 0 amide bonds. The number of carboxylic acids is 1. The molecule has 0 bridgehead atoms. The zero-order valence-corrected chi connectivity index (χ0v) is 5.74. The van der Waals surface area contributed by atoms with Crippen LogP contribution in [0.3, 0.4) is 0 Å². The van der Waals surface area contributed by atoms with Crippen LogP contribution in [0.5, 0.6) is 0 Å². The van der Waals surface area contributed by atoms with Crippen molar-refractivity contribution >= 4 is 5.97 Å². The first-order chi connectivity index (χ1) is 4.61. The number of aliphatic hydroxyl groups excluding tert-OH is 1. The highest BCUT2D eigenvalue weighted by atomic mass is 16.4. The Balaban J connectivity index is 2.49. The Morgan fingerprint density at radius 1 is 1.70 bits per heavy atom. The van der Waals surface area contributed by atoms with Crippen molar-refractivity contribution in [3.63, 3.8) is 0 Å². The fourth-order valence-electron chi connectivity index (χ4n) is 1.11. The third-order valence-electron chi connectivity index (χ3n) is 1.82. The minimum atomic E-state index is -0.886. The maximum atomic E-state index is 10.3. The van der Waals surface area contributed by atoms with Gasteiger partial charge in [-0.05, 0) is 6.92 Å². The molecule has 0 aliphatic carbocycles. The van der Waals surface area contributed by atoms with Crippen molar-refractivity contribution in [1.82, 2.24) is 5.32 Å². The van der Waals surface area contributed by atoms with Crippen LogP contribution in [0.2, 0.25) is 0 Å². The van der Waals surface area contributed by atoms with E-state index >= 15 is 0 Å². The standard InChI is InChI=1S/C6H11NO3/c1-3-5(8)2-4(7-3)6(9)10/h3-5,7-8H,2H2,1H3,(H,9,10). The molecule has 3 unspecified atom stereocenters. The van der Waals surface area contributed by atoms with E-state index in [1.807, 2.05) is 0 Å². The summed E-state index contributed by atoms with van der Waals surface area (Å²) < 4.78 is 0. The Labute approximate surface area is 58.9 Å². The van der Waals surface area contributed by atoms with Gasteiger partial charge in [-0.25, -0.2) is 0 Å². The molecule has 10 heavy (non-hydrogen) atoms. The van der Waals surface area contributed by atoms with Gasteiger partial charge in [0.2, 0.25) is 0 Å². The molecule has 4 nitrogen and oxygen atoms in total. The van der Waals surface area contributed by atoms with Crippen LogP contribution >= 0.6 is 0 Å². The Morgan fingerprint density at radius 3 is 2.50 bits per heavy atom. The van der Waals surface area contributed by atoms with Crippen LogP contribution in [-0.2, 0) is 4.79 Å². The summed E-state index contributed by atoms with van der Waals surface area (Å²) in [5.74, 6) is -0.886. The van der Waals surface area contributed by atoms with Crippen molar-refractivity contribution in [2.24, 2.45) is 0 Å². The molecular formula is C6H11NO3. The first-order valence-electron chi connectivity index (χ1n) is 3.28. The molecule has 0 spiro atoms. The highest BCUT2D eigenvalue weighted by Crippen LogP contribution is 2.12. The van der Waals surface area contributed by atoms with Gasteiger partial charge in [0, 0.05) is 12.5 Å². The minimum absolute atomic E-state index is 0.0962. The number of nitrogens with one attached hydrogen (secondary N) is 1. The van der Waals surface area contributed by atoms with Crippen LogP contribution in [0, 0.1) is 0 Å². The number of aliphatic carboxylic acids is 1. The summed E-state index contributed by atoms with van der Waals surface area (Å²) in [6.45, 7) is 1.77.